The summed E-state index contributed by atoms with van der Waals surface area (Å²) in [5.74, 6) is 1.55. The van der Waals surface area contributed by atoms with Crippen molar-refractivity contribution in [3.05, 3.63) is 23.3 Å². The molecule has 1 fully saturated rings. The molecule has 0 radical (unpaired) electrons. The summed E-state index contributed by atoms with van der Waals surface area (Å²) in [6, 6.07) is 0. The first-order valence-electron chi connectivity index (χ1n) is 9.19. The van der Waals surface area contributed by atoms with Gasteiger partial charge in [-0.3, -0.25) is 4.79 Å². The number of aromatic nitrogens is 4. The van der Waals surface area contributed by atoms with E-state index in [-0.39, 0.29) is 5.91 Å². The topological polar surface area (TPSA) is 75.4 Å². The Hall–Kier alpha value is -2.02. The van der Waals surface area contributed by atoms with Crippen LogP contribution in [0, 0.1) is 19.8 Å². The summed E-state index contributed by atoms with van der Waals surface area (Å²) in [4.78, 5) is 23.2. The van der Waals surface area contributed by atoms with Crippen molar-refractivity contribution in [3.8, 4) is 0 Å². The van der Waals surface area contributed by atoms with Gasteiger partial charge in [-0.1, -0.05) is 6.92 Å². The fraction of sp³-hybridized carbons (Fsp3) is 0.667. The molecule has 0 saturated carbocycles. The summed E-state index contributed by atoms with van der Waals surface area (Å²) >= 11 is 0. The van der Waals surface area contributed by atoms with Crippen LogP contribution in [-0.4, -0.2) is 56.6 Å². The monoisotopic (exact) mass is 344 g/mol. The summed E-state index contributed by atoms with van der Waals surface area (Å²) in [5.41, 5.74) is 3.02. The van der Waals surface area contributed by atoms with Crippen LogP contribution in [-0.2, 0) is 11.2 Å². The predicted octanol–water partition coefficient (Wildman–Crippen LogP) is 1.52. The molecule has 1 aliphatic heterocycles. The second-order valence-electron chi connectivity index (χ2n) is 7.11. The van der Waals surface area contributed by atoms with Crippen LogP contribution in [0.15, 0.2) is 6.33 Å². The lowest BCUT2D eigenvalue weighted by molar-refractivity contribution is -0.121. The van der Waals surface area contributed by atoms with Gasteiger partial charge in [-0.05, 0) is 57.7 Å². The third-order valence-electron chi connectivity index (χ3n) is 5.22. The molecule has 1 N–H and O–H groups in total. The number of hydrogen-bond acceptors (Lipinski definition) is 5. The van der Waals surface area contributed by atoms with Crippen molar-refractivity contribution in [1.82, 2.24) is 29.8 Å². The van der Waals surface area contributed by atoms with Crippen molar-refractivity contribution >= 4 is 11.7 Å². The van der Waals surface area contributed by atoms with Crippen molar-refractivity contribution in [2.24, 2.45) is 5.92 Å². The smallest absolute Gasteiger partial charge is 0.252 e. The van der Waals surface area contributed by atoms with Crippen molar-refractivity contribution in [3.63, 3.8) is 0 Å². The summed E-state index contributed by atoms with van der Waals surface area (Å²) < 4.78 is 1.73. The third-order valence-corrected chi connectivity index (χ3v) is 5.22. The normalized spacial score (nSPS) is 16.4. The molecule has 2 aromatic heterocycles. The summed E-state index contributed by atoms with van der Waals surface area (Å²) in [6.45, 7) is 10.3. The minimum atomic E-state index is 0.0999. The molecule has 0 atom stereocenters. The maximum atomic E-state index is 12.2. The summed E-state index contributed by atoms with van der Waals surface area (Å²) in [6.07, 6.45) is 5.19. The number of likely N-dealkylation sites (tertiary alicyclic amines) is 1. The number of carbonyl (C=O) groups excluding carboxylic acids is 1. The molecular formula is C18H28N6O. The molecule has 0 aromatic carbocycles. The Kier molecular flexibility index (Phi) is 5.63. The van der Waals surface area contributed by atoms with Gasteiger partial charge >= 0.3 is 0 Å². The van der Waals surface area contributed by atoms with Gasteiger partial charge in [0.2, 0.25) is 5.91 Å². The lowest BCUT2D eigenvalue weighted by atomic mass is 9.99. The Labute approximate surface area is 148 Å². The standard InChI is InChI=1S/C18H28N6O/c1-13-6-9-23(10-7-13)11-8-19-17(25)5-4-16-14(2)22-18-20-12-21-24(18)15(16)3/h12-13H,4-11H2,1-3H3,(H,19,25). The van der Waals surface area contributed by atoms with Crippen LogP contribution in [0.2, 0.25) is 0 Å². The van der Waals surface area contributed by atoms with E-state index in [9.17, 15) is 4.79 Å². The molecule has 3 heterocycles. The number of nitrogens with one attached hydrogen (secondary N) is 1. The van der Waals surface area contributed by atoms with E-state index in [4.69, 9.17) is 0 Å². The SMILES string of the molecule is Cc1nc2ncnn2c(C)c1CCC(=O)NCCN1CCC(C)CC1. The van der Waals surface area contributed by atoms with E-state index in [1.807, 2.05) is 13.8 Å². The molecule has 7 heteroatoms. The van der Waals surface area contributed by atoms with E-state index in [2.05, 4.69) is 32.2 Å². The minimum Gasteiger partial charge on any atom is -0.355 e. The Bertz CT molecular complexity index is 732. The van der Waals surface area contributed by atoms with Crippen molar-refractivity contribution in [2.45, 2.75) is 46.5 Å². The zero-order chi connectivity index (χ0) is 17.8. The molecule has 1 aliphatic rings. The van der Waals surface area contributed by atoms with Gasteiger partial charge in [-0.25, -0.2) is 9.50 Å². The fourth-order valence-corrected chi connectivity index (χ4v) is 3.48. The Morgan fingerprint density at radius 1 is 1.32 bits per heavy atom. The van der Waals surface area contributed by atoms with Crippen LogP contribution < -0.4 is 5.32 Å². The van der Waals surface area contributed by atoms with Crippen molar-refractivity contribution in [1.29, 1.82) is 0 Å². The Balaban J connectivity index is 1.46. The van der Waals surface area contributed by atoms with Crippen LogP contribution in [0.3, 0.4) is 0 Å². The van der Waals surface area contributed by atoms with Gasteiger partial charge in [0.15, 0.2) is 0 Å². The molecule has 2 aromatic rings. The first kappa shape index (κ1) is 17.8. The number of nitrogens with zero attached hydrogens (tertiary/aromatic N) is 5. The number of fused-ring (bicyclic) bond motifs is 1. The Morgan fingerprint density at radius 2 is 2.08 bits per heavy atom. The van der Waals surface area contributed by atoms with Crippen LogP contribution in [0.1, 0.15) is 43.1 Å². The van der Waals surface area contributed by atoms with Gasteiger partial charge in [0.05, 0.1) is 0 Å². The maximum absolute atomic E-state index is 12.2. The van der Waals surface area contributed by atoms with Crippen LogP contribution in [0.4, 0.5) is 0 Å². The molecule has 0 bridgehead atoms. The molecule has 0 aliphatic carbocycles. The lowest BCUT2D eigenvalue weighted by Gasteiger charge is -2.30. The van der Waals surface area contributed by atoms with E-state index in [1.165, 1.54) is 19.2 Å². The zero-order valence-electron chi connectivity index (χ0n) is 15.5. The Morgan fingerprint density at radius 3 is 2.84 bits per heavy atom. The van der Waals surface area contributed by atoms with Gasteiger partial charge in [0.25, 0.3) is 5.78 Å². The predicted molar refractivity (Wildman–Crippen MR) is 96.4 cm³/mol. The molecule has 25 heavy (non-hydrogen) atoms. The van der Waals surface area contributed by atoms with E-state index >= 15 is 0 Å². The lowest BCUT2D eigenvalue weighted by Crippen LogP contribution is -2.39. The highest BCUT2D eigenvalue weighted by Crippen LogP contribution is 2.16. The third kappa shape index (κ3) is 4.34. The van der Waals surface area contributed by atoms with Crippen LogP contribution in [0.5, 0.6) is 0 Å². The number of hydrogen-bond donors (Lipinski definition) is 1. The largest absolute Gasteiger partial charge is 0.355 e. The first-order chi connectivity index (χ1) is 12.0. The van der Waals surface area contributed by atoms with Crippen molar-refractivity contribution in [2.75, 3.05) is 26.2 Å². The molecule has 136 valence electrons. The van der Waals surface area contributed by atoms with Gasteiger partial charge < -0.3 is 10.2 Å². The van der Waals surface area contributed by atoms with Gasteiger partial charge in [-0.2, -0.15) is 10.1 Å². The molecule has 0 unspecified atom stereocenters. The van der Waals surface area contributed by atoms with Crippen molar-refractivity contribution < 1.29 is 4.79 Å². The van der Waals surface area contributed by atoms with E-state index < -0.39 is 0 Å². The first-order valence-corrected chi connectivity index (χ1v) is 9.19. The van der Waals surface area contributed by atoms with Gasteiger partial charge in [0.1, 0.15) is 6.33 Å². The molecule has 0 spiro atoms. The van der Waals surface area contributed by atoms with Gasteiger partial charge in [0, 0.05) is 30.9 Å². The average molecular weight is 344 g/mol. The maximum Gasteiger partial charge on any atom is 0.252 e. The van der Waals surface area contributed by atoms with E-state index in [0.29, 0.717) is 18.6 Å². The highest BCUT2D eigenvalue weighted by atomic mass is 16.1. The number of rotatable bonds is 6. The highest BCUT2D eigenvalue weighted by Gasteiger charge is 2.16. The number of aryl methyl sites for hydroxylation is 2. The van der Waals surface area contributed by atoms with Gasteiger partial charge in [-0.15, -0.1) is 0 Å². The molecular weight excluding hydrogens is 316 g/mol. The average Bonchev–Trinajstić information content (AvgIpc) is 3.05. The fourth-order valence-electron chi connectivity index (χ4n) is 3.48. The second-order valence-corrected chi connectivity index (χ2v) is 7.11. The molecule has 3 rings (SSSR count). The van der Waals surface area contributed by atoms with E-state index in [0.717, 1.165) is 49.0 Å². The summed E-state index contributed by atoms with van der Waals surface area (Å²) in [5, 5.41) is 7.24. The number of carbonyl (C=O) groups is 1. The number of piperidine rings is 1. The highest BCUT2D eigenvalue weighted by molar-refractivity contribution is 5.76. The van der Waals surface area contributed by atoms with Crippen LogP contribution >= 0.6 is 0 Å². The molecule has 7 nitrogen and oxygen atoms in total. The van der Waals surface area contributed by atoms with E-state index in [1.54, 1.807) is 4.52 Å². The van der Waals surface area contributed by atoms with Crippen LogP contribution in [0.25, 0.3) is 5.78 Å². The summed E-state index contributed by atoms with van der Waals surface area (Å²) in [7, 11) is 0. The molecule has 1 saturated heterocycles. The minimum absolute atomic E-state index is 0.0999. The quantitative estimate of drug-likeness (QED) is 0.860. The zero-order valence-corrected chi connectivity index (χ0v) is 15.5. The molecule has 1 amide bonds. The number of amides is 1. The second kappa shape index (κ2) is 7.91.